The summed E-state index contributed by atoms with van der Waals surface area (Å²) in [4.78, 5) is 0. The summed E-state index contributed by atoms with van der Waals surface area (Å²) in [5.74, 6) is 0.472. The van der Waals surface area contributed by atoms with Gasteiger partial charge in [-0.3, -0.25) is 0 Å². The van der Waals surface area contributed by atoms with Crippen molar-refractivity contribution in [3.8, 4) is 0 Å². The van der Waals surface area contributed by atoms with Gasteiger partial charge in [0.2, 0.25) is 0 Å². The van der Waals surface area contributed by atoms with Crippen LogP contribution in [0.3, 0.4) is 0 Å². The molecule has 0 fully saturated rings. The van der Waals surface area contributed by atoms with Gasteiger partial charge in [0, 0.05) is 0 Å². The Kier molecular flexibility index (Phi) is 3.88. The van der Waals surface area contributed by atoms with Gasteiger partial charge in [0.15, 0.2) is 0 Å². The molecule has 0 aliphatic rings. The van der Waals surface area contributed by atoms with Gasteiger partial charge >= 0.3 is 0 Å². The maximum Gasteiger partial charge on any atom is 0.0537 e. The highest BCUT2D eigenvalue weighted by atomic mass is 16.3. The van der Waals surface area contributed by atoms with Gasteiger partial charge in [-0.2, -0.15) is 0 Å². The van der Waals surface area contributed by atoms with Gasteiger partial charge in [-0.15, -0.1) is 0 Å². The minimum atomic E-state index is -0.130. The van der Waals surface area contributed by atoms with E-state index in [9.17, 15) is 0 Å². The highest BCUT2D eigenvalue weighted by molar-refractivity contribution is 4.56. The maximum atomic E-state index is 8.95. The fourth-order valence-corrected chi connectivity index (χ4v) is 0.697. The van der Waals surface area contributed by atoms with Crippen molar-refractivity contribution in [2.45, 2.75) is 39.7 Å². The molecule has 0 aromatic carbocycles. The molecule has 50 valence electrons. The Bertz CT molecular complexity index is 50.3. The van der Waals surface area contributed by atoms with Crippen LogP contribution in [0.15, 0.2) is 0 Å². The standard InChI is InChI=1S/C7H16O/c1-4-5-6(2)7(3)8/h6-8H,4-5H2,1-3H3/t6-,7?/m0/s1. The van der Waals surface area contributed by atoms with Gasteiger partial charge in [-0.05, 0) is 19.3 Å². The van der Waals surface area contributed by atoms with E-state index in [4.69, 9.17) is 5.11 Å². The van der Waals surface area contributed by atoms with E-state index in [0.29, 0.717) is 5.92 Å². The first-order chi connectivity index (χ1) is 3.68. The van der Waals surface area contributed by atoms with E-state index >= 15 is 0 Å². The molecule has 0 heterocycles. The number of hydrogen-bond acceptors (Lipinski definition) is 1. The van der Waals surface area contributed by atoms with E-state index in [-0.39, 0.29) is 6.10 Å². The Morgan fingerprint density at radius 3 is 2.00 bits per heavy atom. The van der Waals surface area contributed by atoms with E-state index in [1.165, 1.54) is 6.42 Å². The molecule has 0 saturated heterocycles. The normalized spacial score (nSPS) is 18.0. The number of aliphatic hydroxyl groups excluding tert-OH is 1. The van der Waals surface area contributed by atoms with Gasteiger partial charge in [-0.25, -0.2) is 0 Å². The minimum Gasteiger partial charge on any atom is -0.393 e. The quantitative estimate of drug-likeness (QED) is 0.596. The summed E-state index contributed by atoms with van der Waals surface area (Å²) in [5.41, 5.74) is 0. The molecule has 0 aromatic rings. The molecule has 0 aliphatic carbocycles. The number of rotatable bonds is 3. The molecule has 1 N–H and O–H groups in total. The zero-order valence-electron chi connectivity index (χ0n) is 6.02. The summed E-state index contributed by atoms with van der Waals surface area (Å²) in [7, 11) is 0. The molecular weight excluding hydrogens is 100 g/mol. The van der Waals surface area contributed by atoms with Crippen LogP contribution in [0.5, 0.6) is 0 Å². The summed E-state index contributed by atoms with van der Waals surface area (Å²) in [6, 6.07) is 0. The van der Waals surface area contributed by atoms with E-state index in [0.717, 1.165) is 6.42 Å². The smallest absolute Gasteiger partial charge is 0.0537 e. The third-order valence-electron chi connectivity index (χ3n) is 1.57. The fourth-order valence-electron chi connectivity index (χ4n) is 0.697. The largest absolute Gasteiger partial charge is 0.393 e. The van der Waals surface area contributed by atoms with Crippen molar-refractivity contribution < 1.29 is 5.11 Å². The lowest BCUT2D eigenvalue weighted by Gasteiger charge is -2.11. The second kappa shape index (κ2) is 3.90. The summed E-state index contributed by atoms with van der Waals surface area (Å²) in [6.07, 6.45) is 2.18. The lowest BCUT2D eigenvalue weighted by Crippen LogP contribution is -2.11. The van der Waals surface area contributed by atoms with Crippen molar-refractivity contribution in [1.82, 2.24) is 0 Å². The van der Waals surface area contributed by atoms with Crippen molar-refractivity contribution in [3.05, 3.63) is 0 Å². The van der Waals surface area contributed by atoms with Crippen LogP contribution in [0.4, 0.5) is 0 Å². The Labute approximate surface area is 51.7 Å². The summed E-state index contributed by atoms with van der Waals surface area (Å²) in [6.45, 7) is 6.06. The van der Waals surface area contributed by atoms with E-state index < -0.39 is 0 Å². The van der Waals surface area contributed by atoms with Crippen LogP contribution in [0.1, 0.15) is 33.6 Å². The van der Waals surface area contributed by atoms with Crippen LogP contribution in [0.2, 0.25) is 0 Å². The van der Waals surface area contributed by atoms with Crippen LogP contribution < -0.4 is 0 Å². The van der Waals surface area contributed by atoms with Gasteiger partial charge in [0.25, 0.3) is 0 Å². The summed E-state index contributed by atoms with van der Waals surface area (Å²) in [5, 5.41) is 8.95. The molecule has 2 atom stereocenters. The predicted octanol–water partition coefficient (Wildman–Crippen LogP) is 1.80. The van der Waals surface area contributed by atoms with Crippen molar-refractivity contribution in [3.63, 3.8) is 0 Å². The van der Waals surface area contributed by atoms with Crippen LogP contribution >= 0.6 is 0 Å². The second-order valence-corrected chi connectivity index (χ2v) is 2.51. The lowest BCUT2D eigenvalue weighted by atomic mass is 10.0. The van der Waals surface area contributed by atoms with Crippen molar-refractivity contribution >= 4 is 0 Å². The third kappa shape index (κ3) is 3.03. The molecule has 1 unspecified atom stereocenters. The zero-order chi connectivity index (χ0) is 6.57. The first-order valence-corrected chi connectivity index (χ1v) is 3.36. The van der Waals surface area contributed by atoms with Crippen LogP contribution in [0, 0.1) is 5.92 Å². The third-order valence-corrected chi connectivity index (χ3v) is 1.57. The minimum absolute atomic E-state index is 0.130. The Hall–Kier alpha value is -0.0400. The van der Waals surface area contributed by atoms with Crippen molar-refractivity contribution in [2.24, 2.45) is 5.92 Å². The Morgan fingerprint density at radius 1 is 1.38 bits per heavy atom. The van der Waals surface area contributed by atoms with E-state index in [2.05, 4.69) is 13.8 Å². The molecule has 0 amide bonds. The molecule has 0 aliphatic heterocycles. The van der Waals surface area contributed by atoms with Gasteiger partial charge in [0.1, 0.15) is 0 Å². The average molecular weight is 116 g/mol. The molecule has 0 radical (unpaired) electrons. The van der Waals surface area contributed by atoms with Crippen molar-refractivity contribution in [2.75, 3.05) is 0 Å². The van der Waals surface area contributed by atoms with E-state index in [1.807, 2.05) is 6.92 Å². The highest BCUT2D eigenvalue weighted by Crippen LogP contribution is 2.08. The first-order valence-electron chi connectivity index (χ1n) is 3.36. The van der Waals surface area contributed by atoms with Gasteiger partial charge in [0.05, 0.1) is 6.10 Å². The first kappa shape index (κ1) is 7.96. The second-order valence-electron chi connectivity index (χ2n) is 2.51. The lowest BCUT2D eigenvalue weighted by molar-refractivity contribution is 0.129. The molecule has 0 spiro atoms. The fraction of sp³-hybridized carbons (Fsp3) is 1.00. The van der Waals surface area contributed by atoms with Crippen molar-refractivity contribution in [1.29, 1.82) is 0 Å². The highest BCUT2D eigenvalue weighted by Gasteiger charge is 2.05. The van der Waals surface area contributed by atoms with Crippen LogP contribution in [-0.4, -0.2) is 11.2 Å². The molecular formula is C7H16O. The molecule has 0 bridgehead atoms. The zero-order valence-corrected chi connectivity index (χ0v) is 6.02. The van der Waals surface area contributed by atoms with Crippen LogP contribution in [-0.2, 0) is 0 Å². The SMILES string of the molecule is CCC[C@H](C)C(C)O. The molecule has 0 aromatic heterocycles. The van der Waals surface area contributed by atoms with E-state index in [1.54, 1.807) is 0 Å². The van der Waals surface area contributed by atoms with Gasteiger partial charge in [-0.1, -0.05) is 20.3 Å². The Morgan fingerprint density at radius 2 is 1.88 bits per heavy atom. The number of hydrogen-bond donors (Lipinski definition) is 1. The summed E-state index contributed by atoms with van der Waals surface area (Å²) < 4.78 is 0. The maximum absolute atomic E-state index is 8.95. The molecule has 0 rings (SSSR count). The average Bonchev–Trinajstić information content (AvgIpc) is 1.67. The molecule has 0 saturated carbocycles. The Balaban J connectivity index is 3.17. The molecule has 8 heavy (non-hydrogen) atoms. The molecule has 1 nitrogen and oxygen atoms in total. The monoisotopic (exact) mass is 116 g/mol. The van der Waals surface area contributed by atoms with Crippen LogP contribution in [0.25, 0.3) is 0 Å². The number of aliphatic hydroxyl groups is 1. The predicted molar refractivity (Wildman–Crippen MR) is 35.8 cm³/mol. The molecule has 1 heteroatoms. The summed E-state index contributed by atoms with van der Waals surface area (Å²) >= 11 is 0. The van der Waals surface area contributed by atoms with Gasteiger partial charge < -0.3 is 5.11 Å². The topological polar surface area (TPSA) is 20.2 Å².